The fourth-order valence-electron chi connectivity index (χ4n) is 3.61. The maximum Gasteiger partial charge on any atom is 0.325 e. The van der Waals surface area contributed by atoms with E-state index in [4.69, 9.17) is 4.98 Å². The molecule has 0 fully saturated rings. The number of carbonyl (C=O) groups is 1. The van der Waals surface area contributed by atoms with Crippen LogP contribution in [0, 0.1) is 0 Å². The molecule has 3 heterocycles. The monoisotopic (exact) mass is 357 g/mol. The maximum absolute atomic E-state index is 12.8. The third-order valence-corrected chi connectivity index (χ3v) is 5.83. The van der Waals surface area contributed by atoms with Gasteiger partial charge in [-0.05, 0) is 36.3 Å². The molecule has 0 saturated heterocycles. The molecule has 7 heteroatoms. The number of aryl methyl sites for hydroxylation is 1. The molecule has 6 nitrogen and oxygen atoms in total. The van der Waals surface area contributed by atoms with Gasteiger partial charge in [-0.3, -0.25) is 14.2 Å². The van der Waals surface area contributed by atoms with E-state index in [1.54, 1.807) is 0 Å². The van der Waals surface area contributed by atoms with Crippen LogP contribution in [0.2, 0.25) is 0 Å². The Morgan fingerprint density at radius 3 is 2.84 bits per heavy atom. The van der Waals surface area contributed by atoms with Gasteiger partial charge < -0.3 is 4.74 Å². The van der Waals surface area contributed by atoms with Crippen LogP contribution < -0.4 is 5.56 Å². The van der Waals surface area contributed by atoms with E-state index in [1.807, 2.05) is 0 Å². The molecule has 3 aromatic heterocycles. The molecular weight excluding hydrogens is 338 g/mol. The molecular formula is C18H19N3O3S. The van der Waals surface area contributed by atoms with Gasteiger partial charge in [0.1, 0.15) is 16.1 Å². The highest BCUT2D eigenvalue weighted by Crippen LogP contribution is 2.39. The number of rotatable bonds is 3. The third kappa shape index (κ3) is 2.45. The van der Waals surface area contributed by atoms with Crippen molar-refractivity contribution in [2.75, 3.05) is 7.11 Å². The average Bonchev–Trinajstić information content (AvgIpc) is 3.20. The molecule has 0 atom stereocenters. The van der Waals surface area contributed by atoms with Crippen LogP contribution in [0.5, 0.6) is 0 Å². The Balaban J connectivity index is 2.01. The van der Waals surface area contributed by atoms with E-state index in [0.717, 1.165) is 35.2 Å². The standard InChI is InChI=1S/C18H19N3O3S/c1-9(2)14-11-6-4-5-10(11)13-15-16(25-17(13)20-14)18(23)21(8-19-15)7-12(22)24-3/h8-9H,4-7H2,1-3H3. The number of fused-ring (bicyclic) bond motifs is 5. The van der Waals surface area contributed by atoms with Crippen LogP contribution in [0.3, 0.4) is 0 Å². The van der Waals surface area contributed by atoms with Crippen molar-refractivity contribution >= 4 is 37.7 Å². The molecule has 0 radical (unpaired) electrons. The van der Waals surface area contributed by atoms with E-state index < -0.39 is 5.97 Å². The molecule has 0 aromatic carbocycles. The predicted molar refractivity (Wildman–Crippen MR) is 97.3 cm³/mol. The molecule has 0 amide bonds. The van der Waals surface area contributed by atoms with E-state index in [1.165, 1.54) is 40.5 Å². The Morgan fingerprint density at radius 1 is 1.36 bits per heavy atom. The maximum atomic E-state index is 12.8. The summed E-state index contributed by atoms with van der Waals surface area (Å²) in [5.74, 6) is -0.115. The zero-order valence-corrected chi connectivity index (χ0v) is 15.3. The average molecular weight is 357 g/mol. The van der Waals surface area contributed by atoms with Gasteiger partial charge in [-0.1, -0.05) is 13.8 Å². The summed E-state index contributed by atoms with van der Waals surface area (Å²) >= 11 is 1.38. The number of pyridine rings is 1. The topological polar surface area (TPSA) is 74.1 Å². The smallest absolute Gasteiger partial charge is 0.325 e. The first kappa shape index (κ1) is 16.2. The minimum Gasteiger partial charge on any atom is -0.468 e. The van der Waals surface area contributed by atoms with E-state index in [2.05, 4.69) is 23.6 Å². The molecule has 0 aliphatic heterocycles. The summed E-state index contributed by atoms with van der Waals surface area (Å²) in [5, 5.41) is 1.03. The summed E-state index contributed by atoms with van der Waals surface area (Å²) in [7, 11) is 1.30. The van der Waals surface area contributed by atoms with E-state index in [-0.39, 0.29) is 12.1 Å². The molecule has 25 heavy (non-hydrogen) atoms. The molecule has 0 bridgehead atoms. The summed E-state index contributed by atoms with van der Waals surface area (Å²) in [6.07, 6.45) is 4.60. The molecule has 1 aliphatic carbocycles. The molecule has 3 aromatic rings. The van der Waals surface area contributed by atoms with Crippen molar-refractivity contribution in [1.82, 2.24) is 14.5 Å². The van der Waals surface area contributed by atoms with Crippen molar-refractivity contribution in [3.05, 3.63) is 33.5 Å². The van der Waals surface area contributed by atoms with Crippen molar-refractivity contribution in [1.29, 1.82) is 0 Å². The van der Waals surface area contributed by atoms with Gasteiger partial charge in [-0.25, -0.2) is 9.97 Å². The highest BCUT2D eigenvalue weighted by Gasteiger charge is 2.25. The number of nitrogens with zero attached hydrogens (tertiary/aromatic N) is 3. The zero-order chi connectivity index (χ0) is 17.7. The lowest BCUT2D eigenvalue weighted by Crippen LogP contribution is -2.24. The lowest BCUT2D eigenvalue weighted by atomic mass is 9.99. The minimum absolute atomic E-state index is 0.130. The molecule has 0 spiro atoms. The first-order valence-electron chi connectivity index (χ1n) is 8.41. The Morgan fingerprint density at radius 2 is 2.12 bits per heavy atom. The number of esters is 1. The highest BCUT2D eigenvalue weighted by molar-refractivity contribution is 7.25. The number of thiophene rings is 1. The van der Waals surface area contributed by atoms with Crippen LogP contribution >= 0.6 is 11.3 Å². The quantitative estimate of drug-likeness (QED) is 0.674. The van der Waals surface area contributed by atoms with Gasteiger partial charge in [0.2, 0.25) is 0 Å². The molecule has 1 aliphatic rings. The van der Waals surface area contributed by atoms with E-state index in [9.17, 15) is 9.59 Å². The number of hydrogen-bond donors (Lipinski definition) is 0. The fraction of sp³-hybridized carbons (Fsp3) is 0.444. The van der Waals surface area contributed by atoms with Crippen LogP contribution in [0.4, 0.5) is 0 Å². The van der Waals surface area contributed by atoms with Gasteiger partial charge in [0.15, 0.2) is 0 Å². The summed E-state index contributed by atoms with van der Waals surface area (Å²) in [5.41, 5.74) is 4.28. The SMILES string of the molecule is COC(=O)Cn1cnc2c(sc3nc(C(C)C)c4c(c32)CCC4)c1=O. The Hall–Kier alpha value is -2.28. The fourth-order valence-corrected chi connectivity index (χ4v) is 4.73. The molecule has 0 saturated carbocycles. The van der Waals surface area contributed by atoms with Crippen LogP contribution in [0.25, 0.3) is 20.4 Å². The van der Waals surface area contributed by atoms with Crippen LogP contribution in [0.15, 0.2) is 11.1 Å². The number of methoxy groups -OCH3 is 1. The van der Waals surface area contributed by atoms with Crippen LogP contribution in [-0.2, 0) is 28.9 Å². The molecule has 4 rings (SSSR count). The van der Waals surface area contributed by atoms with Gasteiger partial charge in [0.05, 0.1) is 19.0 Å². The predicted octanol–water partition coefficient (Wildman–Crippen LogP) is 2.79. The second kappa shape index (κ2) is 5.91. The van der Waals surface area contributed by atoms with Crippen molar-refractivity contribution < 1.29 is 9.53 Å². The van der Waals surface area contributed by atoms with Crippen molar-refractivity contribution in [3.8, 4) is 0 Å². The van der Waals surface area contributed by atoms with Gasteiger partial charge >= 0.3 is 5.97 Å². The lowest BCUT2D eigenvalue weighted by Gasteiger charge is -2.11. The first-order chi connectivity index (χ1) is 12.0. The third-order valence-electron chi connectivity index (χ3n) is 4.77. The summed E-state index contributed by atoms with van der Waals surface area (Å²) < 4.78 is 6.51. The second-order valence-electron chi connectivity index (χ2n) is 6.68. The summed E-state index contributed by atoms with van der Waals surface area (Å²) in [4.78, 5) is 34.5. The van der Waals surface area contributed by atoms with E-state index in [0.29, 0.717) is 16.1 Å². The Labute approximate surface area is 148 Å². The van der Waals surface area contributed by atoms with Crippen molar-refractivity contribution in [2.24, 2.45) is 0 Å². The molecule has 0 unspecified atom stereocenters. The minimum atomic E-state index is -0.467. The van der Waals surface area contributed by atoms with Crippen molar-refractivity contribution in [3.63, 3.8) is 0 Å². The second-order valence-corrected chi connectivity index (χ2v) is 7.68. The van der Waals surface area contributed by atoms with Crippen molar-refractivity contribution in [2.45, 2.75) is 45.6 Å². The van der Waals surface area contributed by atoms with Gasteiger partial charge in [0, 0.05) is 11.1 Å². The normalized spacial score (nSPS) is 13.8. The number of hydrogen-bond acceptors (Lipinski definition) is 6. The Kier molecular flexibility index (Phi) is 3.83. The van der Waals surface area contributed by atoms with E-state index >= 15 is 0 Å². The number of carbonyl (C=O) groups excluding carboxylic acids is 1. The number of aromatic nitrogens is 3. The molecule has 0 N–H and O–H groups in total. The summed E-state index contributed by atoms with van der Waals surface area (Å²) in [6.45, 7) is 4.18. The zero-order valence-electron chi connectivity index (χ0n) is 14.5. The molecule has 130 valence electrons. The largest absolute Gasteiger partial charge is 0.468 e. The van der Waals surface area contributed by atoms with Gasteiger partial charge in [0.25, 0.3) is 5.56 Å². The first-order valence-corrected chi connectivity index (χ1v) is 9.23. The Bertz CT molecular complexity index is 1070. The number of ether oxygens (including phenoxy) is 1. The van der Waals surface area contributed by atoms with Crippen LogP contribution in [-0.4, -0.2) is 27.6 Å². The van der Waals surface area contributed by atoms with Crippen LogP contribution in [0.1, 0.15) is 43.0 Å². The lowest BCUT2D eigenvalue weighted by molar-refractivity contribution is -0.141. The van der Waals surface area contributed by atoms with Gasteiger partial charge in [-0.15, -0.1) is 11.3 Å². The summed E-state index contributed by atoms with van der Waals surface area (Å²) in [6, 6.07) is 0. The highest BCUT2D eigenvalue weighted by atomic mass is 32.1. The van der Waals surface area contributed by atoms with Gasteiger partial charge in [-0.2, -0.15) is 0 Å².